The lowest BCUT2D eigenvalue weighted by Gasteiger charge is -2.35. The third-order valence-corrected chi connectivity index (χ3v) is 4.61. The largest absolute Gasteiger partial charge is 0.377 e. The van der Waals surface area contributed by atoms with Crippen molar-refractivity contribution in [2.75, 3.05) is 6.54 Å². The molecule has 1 aliphatic heterocycles. The highest BCUT2D eigenvalue weighted by Gasteiger charge is 2.49. The quantitative estimate of drug-likeness (QED) is 0.878. The number of allylic oxidation sites excluding steroid dienone is 3. The highest BCUT2D eigenvalue weighted by atomic mass is 16.3. The van der Waals surface area contributed by atoms with Gasteiger partial charge >= 0.3 is 0 Å². The zero-order chi connectivity index (χ0) is 13.3. The van der Waals surface area contributed by atoms with Gasteiger partial charge in [0.15, 0.2) is 0 Å². The van der Waals surface area contributed by atoms with Crippen molar-refractivity contribution in [2.24, 2.45) is 11.3 Å². The van der Waals surface area contributed by atoms with E-state index in [9.17, 15) is 5.11 Å². The summed E-state index contributed by atoms with van der Waals surface area (Å²) in [6, 6.07) is 10.4. The third-order valence-electron chi connectivity index (χ3n) is 4.61. The van der Waals surface area contributed by atoms with Gasteiger partial charge in [-0.15, -0.1) is 0 Å². The van der Waals surface area contributed by atoms with E-state index in [-0.39, 0.29) is 11.6 Å². The van der Waals surface area contributed by atoms with E-state index in [1.165, 1.54) is 5.56 Å². The lowest BCUT2D eigenvalue weighted by molar-refractivity contribution is -0.0287. The van der Waals surface area contributed by atoms with Crippen LogP contribution in [0.25, 0.3) is 0 Å². The molecule has 3 atom stereocenters. The van der Waals surface area contributed by atoms with E-state index >= 15 is 0 Å². The highest BCUT2D eigenvalue weighted by Crippen LogP contribution is 2.46. The van der Waals surface area contributed by atoms with Crippen molar-refractivity contribution in [3.63, 3.8) is 0 Å². The first kappa shape index (κ1) is 12.6. The summed E-state index contributed by atoms with van der Waals surface area (Å²) in [5.74, 6) is 0.479. The van der Waals surface area contributed by atoms with Crippen LogP contribution in [0.5, 0.6) is 0 Å². The summed E-state index contributed by atoms with van der Waals surface area (Å²) in [4.78, 5) is 2.20. The van der Waals surface area contributed by atoms with Gasteiger partial charge in [0.05, 0.1) is 0 Å². The van der Waals surface area contributed by atoms with Crippen LogP contribution in [0.3, 0.4) is 0 Å². The van der Waals surface area contributed by atoms with Gasteiger partial charge in [-0.3, -0.25) is 4.90 Å². The molecular formula is C17H21NO. The molecule has 2 aliphatic rings. The van der Waals surface area contributed by atoms with Crippen molar-refractivity contribution in [3.05, 3.63) is 60.2 Å². The maximum Gasteiger partial charge on any atom is 0.117 e. The van der Waals surface area contributed by atoms with E-state index in [2.05, 4.69) is 60.4 Å². The molecule has 1 N–H and O–H groups in total. The van der Waals surface area contributed by atoms with Crippen molar-refractivity contribution >= 4 is 0 Å². The van der Waals surface area contributed by atoms with E-state index in [4.69, 9.17) is 0 Å². The molecule has 1 fully saturated rings. The first-order chi connectivity index (χ1) is 9.22. The Labute approximate surface area is 115 Å². The van der Waals surface area contributed by atoms with E-state index in [0.717, 1.165) is 19.5 Å². The number of aliphatic hydroxyl groups is 1. The molecule has 0 saturated carbocycles. The van der Waals surface area contributed by atoms with Gasteiger partial charge < -0.3 is 5.11 Å². The van der Waals surface area contributed by atoms with Crippen molar-refractivity contribution < 1.29 is 5.11 Å². The molecule has 3 unspecified atom stereocenters. The van der Waals surface area contributed by atoms with Crippen LogP contribution >= 0.6 is 0 Å². The fourth-order valence-electron chi connectivity index (χ4n) is 3.40. The van der Waals surface area contributed by atoms with Crippen LogP contribution in [0.2, 0.25) is 0 Å². The minimum absolute atomic E-state index is 0.0937. The maximum atomic E-state index is 10.7. The number of hydrogen-bond acceptors (Lipinski definition) is 2. The average molecular weight is 255 g/mol. The number of rotatable bonds is 2. The normalized spacial score (nSPS) is 34.2. The second kappa shape index (κ2) is 4.95. The summed E-state index contributed by atoms with van der Waals surface area (Å²) in [6.45, 7) is 4.03. The first-order valence-electron chi connectivity index (χ1n) is 7.03. The second-order valence-corrected chi connectivity index (χ2v) is 5.79. The second-order valence-electron chi connectivity index (χ2n) is 5.79. The predicted octanol–water partition coefficient (Wildman–Crippen LogP) is 2.96. The molecule has 1 saturated heterocycles. The minimum Gasteiger partial charge on any atom is -0.377 e. The summed E-state index contributed by atoms with van der Waals surface area (Å²) in [6.07, 6.45) is 9.08. The SMILES string of the molecule is CC1CN(Cc2ccccc2)C(O)C12C=CC=CC2. The summed E-state index contributed by atoms with van der Waals surface area (Å²) < 4.78 is 0. The third kappa shape index (κ3) is 2.15. The smallest absolute Gasteiger partial charge is 0.117 e. The van der Waals surface area contributed by atoms with E-state index in [0.29, 0.717) is 5.92 Å². The molecule has 0 bridgehead atoms. The Kier molecular flexibility index (Phi) is 3.29. The fraction of sp³-hybridized carbons (Fsp3) is 0.412. The van der Waals surface area contributed by atoms with Gasteiger partial charge in [-0.1, -0.05) is 61.6 Å². The first-order valence-corrected chi connectivity index (χ1v) is 7.03. The molecule has 0 radical (unpaired) electrons. The van der Waals surface area contributed by atoms with E-state index in [1.54, 1.807) is 0 Å². The van der Waals surface area contributed by atoms with Gasteiger partial charge in [0.2, 0.25) is 0 Å². The predicted molar refractivity (Wildman–Crippen MR) is 77.4 cm³/mol. The highest BCUT2D eigenvalue weighted by molar-refractivity contribution is 5.22. The molecule has 2 heteroatoms. The Morgan fingerprint density at radius 3 is 2.74 bits per heavy atom. The van der Waals surface area contributed by atoms with Gasteiger partial charge in [0, 0.05) is 18.5 Å². The number of benzene rings is 1. The Balaban J connectivity index is 1.79. The molecule has 1 spiro atoms. The van der Waals surface area contributed by atoms with Gasteiger partial charge in [-0.05, 0) is 17.9 Å². The Morgan fingerprint density at radius 2 is 2.05 bits per heavy atom. The lowest BCUT2D eigenvalue weighted by Crippen LogP contribution is -2.39. The molecule has 1 aromatic carbocycles. The molecule has 0 aromatic heterocycles. The van der Waals surface area contributed by atoms with Crippen LogP contribution in [0.15, 0.2) is 54.6 Å². The molecular weight excluding hydrogens is 234 g/mol. The van der Waals surface area contributed by atoms with Crippen LogP contribution in [0.4, 0.5) is 0 Å². The number of hydrogen-bond donors (Lipinski definition) is 1. The van der Waals surface area contributed by atoms with Gasteiger partial charge in [0.25, 0.3) is 0 Å². The lowest BCUT2D eigenvalue weighted by atomic mass is 9.73. The Bertz CT molecular complexity index is 493. The van der Waals surface area contributed by atoms with Gasteiger partial charge in [-0.25, -0.2) is 0 Å². The number of aliphatic hydroxyl groups excluding tert-OH is 1. The fourth-order valence-corrected chi connectivity index (χ4v) is 3.40. The van der Waals surface area contributed by atoms with E-state index in [1.807, 2.05) is 6.07 Å². The number of likely N-dealkylation sites (tertiary alicyclic amines) is 1. The van der Waals surface area contributed by atoms with Crippen LogP contribution in [-0.4, -0.2) is 22.8 Å². The zero-order valence-corrected chi connectivity index (χ0v) is 11.4. The zero-order valence-electron chi connectivity index (χ0n) is 11.4. The molecule has 0 amide bonds. The summed E-state index contributed by atoms with van der Waals surface area (Å²) >= 11 is 0. The summed E-state index contributed by atoms with van der Waals surface area (Å²) in [5, 5.41) is 10.7. The van der Waals surface area contributed by atoms with Crippen LogP contribution in [-0.2, 0) is 6.54 Å². The topological polar surface area (TPSA) is 23.5 Å². The van der Waals surface area contributed by atoms with Gasteiger partial charge in [0.1, 0.15) is 6.23 Å². The molecule has 19 heavy (non-hydrogen) atoms. The van der Waals surface area contributed by atoms with Crippen LogP contribution < -0.4 is 0 Å². The maximum absolute atomic E-state index is 10.7. The molecule has 100 valence electrons. The molecule has 1 aliphatic carbocycles. The Morgan fingerprint density at radius 1 is 1.26 bits per heavy atom. The Hall–Kier alpha value is -1.38. The molecule has 1 aromatic rings. The molecule has 3 rings (SSSR count). The molecule has 2 nitrogen and oxygen atoms in total. The van der Waals surface area contributed by atoms with Crippen LogP contribution in [0, 0.1) is 11.3 Å². The summed E-state index contributed by atoms with van der Waals surface area (Å²) in [5.41, 5.74) is 1.17. The van der Waals surface area contributed by atoms with Crippen LogP contribution in [0.1, 0.15) is 18.9 Å². The van der Waals surface area contributed by atoms with Crippen molar-refractivity contribution in [3.8, 4) is 0 Å². The monoisotopic (exact) mass is 255 g/mol. The number of nitrogens with zero attached hydrogens (tertiary/aromatic N) is 1. The van der Waals surface area contributed by atoms with Crippen molar-refractivity contribution in [2.45, 2.75) is 26.1 Å². The van der Waals surface area contributed by atoms with Crippen molar-refractivity contribution in [1.29, 1.82) is 0 Å². The average Bonchev–Trinajstić information content (AvgIpc) is 2.67. The van der Waals surface area contributed by atoms with E-state index < -0.39 is 0 Å². The van der Waals surface area contributed by atoms with Crippen molar-refractivity contribution in [1.82, 2.24) is 4.90 Å². The standard InChI is InChI=1S/C17H21NO/c1-14-12-18(13-15-8-4-2-5-9-15)16(19)17(14)10-6-3-7-11-17/h2-10,14,16,19H,11-13H2,1H3. The summed E-state index contributed by atoms with van der Waals surface area (Å²) in [7, 11) is 0. The van der Waals surface area contributed by atoms with Gasteiger partial charge in [-0.2, -0.15) is 0 Å². The molecule has 1 heterocycles. The minimum atomic E-state index is -0.385.